The molecule has 0 fully saturated rings. The third kappa shape index (κ3) is 9.21. The van der Waals surface area contributed by atoms with Gasteiger partial charge in [-0.2, -0.15) is 0 Å². The monoisotopic (exact) mass is 226 g/mol. The molecular formula is C15H32N. The van der Waals surface area contributed by atoms with E-state index in [1.165, 1.54) is 19.6 Å². The lowest BCUT2D eigenvalue weighted by Crippen LogP contribution is -2.35. The Bertz CT molecular complexity index is 151. The summed E-state index contributed by atoms with van der Waals surface area (Å²) in [5, 5.41) is 0. The normalized spacial score (nSPS) is 14.4. The van der Waals surface area contributed by atoms with Crippen LogP contribution in [0.25, 0.3) is 0 Å². The van der Waals surface area contributed by atoms with Crippen molar-refractivity contribution in [3.63, 3.8) is 0 Å². The molecule has 0 aliphatic heterocycles. The molecule has 1 nitrogen and oxygen atoms in total. The van der Waals surface area contributed by atoms with Crippen LogP contribution in [0.4, 0.5) is 0 Å². The first-order valence-electron chi connectivity index (χ1n) is 6.88. The molecule has 16 heavy (non-hydrogen) atoms. The van der Waals surface area contributed by atoms with Crippen molar-refractivity contribution in [2.45, 2.75) is 48.5 Å². The lowest BCUT2D eigenvalue weighted by molar-refractivity contribution is 0.198. The molecule has 0 aromatic carbocycles. The summed E-state index contributed by atoms with van der Waals surface area (Å²) in [6.45, 7) is 19.8. The number of nitrogens with zero attached hydrogens (tertiary/aromatic N) is 1. The average Bonchev–Trinajstić information content (AvgIpc) is 1.97. The van der Waals surface area contributed by atoms with E-state index in [9.17, 15) is 0 Å². The van der Waals surface area contributed by atoms with Gasteiger partial charge >= 0.3 is 0 Å². The fourth-order valence-electron chi connectivity index (χ4n) is 2.38. The summed E-state index contributed by atoms with van der Waals surface area (Å²) in [5.74, 6) is 2.95. The van der Waals surface area contributed by atoms with E-state index < -0.39 is 0 Å². The lowest BCUT2D eigenvalue weighted by Gasteiger charge is -2.29. The average molecular weight is 226 g/mol. The Labute approximate surface area is 104 Å². The predicted octanol–water partition coefficient (Wildman–Crippen LogP) is 4.10. The van der Waals surface area contributed by atoms with E-state index in [0.29, 0.717) is 11.8 Å². The van der Waals surface area contributed by atoms with Gasteiger partial charge in [-0.15, -0.1) is 0 Å². The summed E-state index contributed by atoms with van der Waals surface area (Å²) in [5.41, 5.74) is 0. The number of hydrogen-bond acceptors (Lipinski definition) is 1. The SMILES string of the molecule is CC(C)[CH]C(C)CN(CC(C)C)CC(C)C. The standard InChI is InChI=1S/C15H32N/c1-12(2)8-15(7)11-16(9-13(3)4)10-14(5)6/h8,12-15H,9-11H2,1-7H3. The summed E-state index contributed by atoms with van der Waals surface area (Å²) >= 11 is 0. The highest BCUT2D eigenvalue weighted by Gasteiger charge is 2.14. The quantitative estimate of drug-likeness (QED) is 0.602. The molecule has 97 valence electrons. The first-order chi connectivity index (χ1) is 7.31. The van der Waals surface area contributed by atoms with Gasteiger partial charge in [-0.05, 0) is 30.1 Å². The van der Waals surface area contributed by atoms with Crippen LogP contribution in [0.15, 0.2) is 0 Å². The molecule has 1 heteroatoms. The molecule has 0 spiro atoms. The topological polar surface area (TPSA) is 3.24 Å². The molecule has 1 unspecified atom stereocenters. The number of rotatable bonds is 8. The Hall–Kier alpha value is -0.0400. The third-order valence-electron chi connectivity index (χ3n) is 2.51. The summed E-state index contributed by atoms with van der Waals surface area (Å²) in [6, 6.07) is 0. The third-order valence-corrected chi connectivity index (χ3v) is 2.51. The van der Waals surface area contributed by atoms with Crippen molar-refractivity contribution >= 4 is 0 Å². The molecule has 0 rings (SSSR count). The Morgan fingerprint density at radius 1 is 0.750 bits per heavy atom. The van der Waals surface area contributed by atoms with Crippen molar-refractivity contribution in [1.29, 1.82) is 0 Å². The van der Waals surface area contributed by atoms with E-state index in [2.05, 4.69) is 59.8 Å². The zero-order chi connectivity index (χ0) is 12.7. The highest BCUT2D eigenvalue weighted by Crippen LogP contribution is 2.13. The van der Waals surface area contributed by atoms with Crippen molar-refractivity contribution in [2.24, 2.45) is 23.7 Å². The molecule has 0 aromatic heterocycles. The van der Waals surface area contributed by atoms with E-state index in [4.69, 9.17) is 0 Å². The van der Waals surface area contributed by atoms with Crippen LogP contribution in [-0.4, -0.2) is 24.5 Å². The zero-order valence-electron chi connectivity index (χ0n) is 12.5. The van der Waals surface area contributed by atoms with E-state index in [0.717, 1.165) is 11.8 Å². The molecule has 0 N–H and O–H groups in total. The molecule has 0 aliphatic rings. The second kappa shape index (κ2) is 8.11. The second-order valence-electron chi connectivity index (χ2n) is 6.42. The van der Waals surface area contributed by atoms with E-state index in [1.54, 1.807) is 0 Å². The minimum absolute atomic E-state index is 0.704. The van der Waals surface area contributed by atoms with Crippen LogP contribution in [0, 0.1) is 30.1 Å². The van der Waals surface area contributed by atoms with Gasteiger partial charge in [0.1, 0.15) is 0 Å². The lowest BCUT2D eigenvalue weighted by atomic mass is 9.97. The summed E-state index contributed by atoms with van der Waals surface area (Å²) < 4.78 is 0. The van der Waals surface area contributed by atoms with E-state index in [-0.39, 0.29) is 0 Å². The minimum Gasteiger partial charge on any atom is -0.303 e. The Kier molecular flexibility index (Phi) is 8.09. The first kappa shape index (κ1) is 16.0. The molecule has 0 heterocycles. The van der Waals surface area contributed by atoms with Crippen LogP contribution in [0.2, 0.25) is 0 Å². The van der Waals surface area contributed by atoms with Gasteiger partial charge in [0.05, 0.1) is 0 Å². The van der Waals surface area contributed by atoms with Gasteiger partial charge < -0.3 is 4.90 Å². The van der Waals surface area contributed by atoms with Gasteiger partial charge in [-0.25, -0.2) is 0 Å². The largest absolute Gasteiger partial charge is 0.303 e. The van der Waals surface area contributed by atoms with Gasteiger partial charge in [0.2, 0.25) is 0 Å². The summed E-state index contributed by atoms with van der Waals surface area (Å²) in [4.78, 5) is 2.62. The molecular weight excluding hydrogens is 194 g/mol. The van der Waals surface area contributed by atoms with Gasteiger partial charge in [-0.1, -0.05) is 48.5 Å². The second-order valence-corrected chi connectivity index (χ2v) is 6.42. The Morgan fingerprint density at radius 2 is 1.19 bits per heavy atom. The highest BCUT2D eigenvalue weighted by molar-refractivity contribution is 4.79. The molecule has 0 bridgehead atoms. The van der Waals surface area contributed by atoms with E-state index in [1.807, 2.05) is 0 Å². The van der Waals surface area contributed by atoms with Gasteiger partial charge in [0.25, 0.3) is 0 Å². The van der Waals surface area contributed by atoms with Crippen LogP contribution in [0.3, 0.4) is 0 Å². The predicted molar refractivity (Wildman–Crippen MR) is 74.4 cm³/mol. The maximum atomic E-state index is 2.62. The van der Waals surface area contributed by atoms with Crippen molar-refractivity contribution < 1.29 is 0 Å². The fraction of sp³-hybridized carbons (Fsp3) is 0.933. The van der Waals surface area contributed by atoms with Gasteiger partial charge in [0, 0.05) is 19.6 Å². The molecule has 0 saturated carbocycles. The summed E-state index contributed by atoms with van der Waals surface area (Å²) in [7, 11) is 0. The van der Waals surface area contributed by atoms with Crippen LogP contribution in [0.5, 0.6) is 0 Å². The highest BCUT2D eigenvalue weighted by atomic mass is 15.1. The van der Waals surface area contributed by atoms with Gasteiger partial charge in [0.15, 0.2) is 0 Å². The maximum Gasteiger partial charge on any atom is 0.00101 e. The Balaban J connectivity index is 4.08. The molecule has 0 saturated heterocycles. The van der Waals surface area contributed by atoms with Crippen LogP contribution >= 0.6 is 0 Å². The van der Waals surface area contributed by atoms with Crippen molar-refractivity contribution in [3.05, 3.63) is 6.42 Å². The van der Waals surface area contributed by atoms with Crippen molar-refractivity contribution in [1.82, 2.24) is 4.90 Å². The number of hydrogen-bond donors (Lipinski definition) is 0. The molecule has 1 atom stereocenters. The zero-order valence-corrected chi connectivity index (χ0v) is 12.5. The minimum atomic E-state index is 0.704. The molecule has 1 radical (unpaired) electrons. The molecule has 0 aliphatic carbocycles. The Morgan fingerprint density at radius 3 is 1.50 bits per heavy atom. The summed E-state index contributed by atoms with van der Waals surface area (Å²) in [6.07, 6.45) is 2.47. The van der Waals surface area contributed by atoms with Crippen molar-refractivity contribution in [2.75, 3.05) is 19.6 Å². The fourth-order valence-corrected chi connectivity index (χ4v) is 2.38. The first-order valence-corrected chi connectivity index (χ1v) is 6.88. The molecule has 0 amide bonds. The smallest absolute Gasteiger partial charge is 0.00101 e. The van der Waals surface area contributed by atoms with Crippen LogP contribution < -0.4 is 0 Å². The van der Waals surface area contributed by atoms with Crippen LogP contribution in [-0.2, 0) is 0 Å². The van der Waals surface area contributed by atoms with Crippen LogP contribution in [0.1, 0.15) is 48.5 Å². The van der Waals surface area contributed by atoms with Gasteiger partial charge in [-0.3, -0.25) is 0 Å². The molecule has 0 aromatic rings. The van der Waals surface area contributed by atoms with E-state index >= 15 is 0 Å². The van der Waals surface area contributed by atoms with Crippen molar-refractivity contribution in [3.8, 4) is 0 Å². The maximum absolute atomic E-state index is 2.62.